The zero-order valence-electron chi connectivity index (χ0n) is 29.9. The number of hydrogen-bond acceptors (Lipinski definition) is 1. The van der Waals surface area contributed by atoms with E-state index in [2.05, 4.69) is 187 Å². The highest BCUT2D eigenvalue weighted by Gasteiger charge is 2.31. The first-order chi connectivity index (χ1) is 27.3. The zero-order chi connectivity index (χ0) is 36.0. The van der Waals surface area contributed by atoms with Gasteiger partial charge in [0.15, 0.2) is 0 Å². The molecule has 0 saturated carbocycles. The van der Waals surface area contributed by atoms with Crippen molar-refractivity contribution in [1.82, 2.24) is 4.57 Å². The Morgan fingerprint density at radius 2 is 0.982 bits per heavy atom. The minimum absolute atomic E-state index is 0.122. The van der Waals surface area contributed by atoms with Crippen LogP contribution >= 0.6 is 0 Å². The summed E-state index contributed by atoms with van der Waals surface area (Å²) in [5.74, 6) is 0.122. The highest BCUT2D eigenvalue weighted by molar-refractivity contribution is 6.11. The van der Waals surface area contributed by atoms with Crippen molar-refractivity contribution in [3.8, 4) is 39.1 Å². The molecule has 2 nitrogen and oxygen atoms in total. The average Bonchev–Trinajstić information content (AvgIpc) is 3.90. The van der Waals surface area contributed by atoms with Crippen LogP contribution in [0.4, 0.5) is 0 Å². The number of furan rings is 1. The molecular weight excluding hydrogens is 667 g/mol. The van der Waals surface area contributed by atoms with Gasteiger partial charge >= 0.3 is 0 Å². The molecule has 0 aliphatic heterocycles. The van der Waals surface area contributed by atoms with Gasteiger partial charge in [-0.05, 0) is 122 Å². The molecule has 2 heteroatoms. The molecule has 0 radical (unpaired) electrons. The van der Waals surface area contributed by atoms with E-state index >= 15 is 0 Å². The summed E-state index contributed by atoms with van der Waals surface area (Å²) in [5.41, 5.74) is 17.0. The molecule has 0 saturated heterocycles. The Balaban J connectivity index is 0.982. The molecule has 9 aromatic carbocycles. The molecule has 1 unspecified atom stereocenters. The Morgan fingerprint density at radius 1 is 0.345 bits per heavy atom. The molecule has 2 heterocycles. The van der Waals surface area contributed by atoms with E-state index in [1.807, 2.05) is 12.1 Å². The van der Waals surface area contributed by atoms with Gasteiger partial charge in [0.2, 0.25) is 0 Å². The molecule has 12 rings (SSSR count). The number of nitrogens with zero attached hydrogens (tertiary/aromatic N) is 1. The largest absolute Gasteiger partial charge is 0.456 e. The average molecular weight is 700 g/mol. The summed E-state index contributed by atoms with van der Waals surface area (Å²) in [7, 11) is 0. The van der Waals surface area contributed by atoms with Crippen LogP contribution in [0, 0.1) is 0 Å². The van der Waals surface area contributed by atoms with Gasteiger partial charge < -0.3 is 8.98 Å². The summed E-state index contributed by atoms with van der Waals surface area (Å²) in [6, 6.07) is 71.1. The van der Waals surface area contributed by atoms with Crippen molar-refractivity contribution in [2.75, 3.05) is 0 Å². The second-order valence-corrected chi connectivity index (χ2v) is 14.8. The molecular formula is C53H33NO. The standard InChI is InChI=1S/C53H33NO/c1-2-12-38(13-3-1)54-49-19-8-6-15-42(49)47-30-35(24-28-50(47)54)34-22-26-41-40-14-4-5-17-46(40)53(48(41)31-34)45-18-10-11-37-29-33(21-25-39(37)45)36-23-27-44-43-16-7-9-20-51(43)55-52(44)32-36/h1-32,53H. The number of hydrogen-bond donors (Lipinski definition) is 0. The van der Waals surface area contributed by atoms with Crippen LogP contribution in [0.15, 0.2) is 199 Å². The summed E-state index contributed by atoms with van der Waals surface area (Å²) in [6.07, 6.45) is 0. The lowest BCUT2D eigenvalue weighted by Gasteiger charge is -2.18. The lowest BCUT2D eigenvalue weighted by atomic mass is 9.85. The highest BCUT2D eigenvalue weighted by atomic mass is 16.3. The Kier molecular flexibility index (Phi) is 6.43. The van der Waals surface area contributed by atoms with Crippen LogP contribution in [-0.4, -0.2) is 4.57 Å². The van der Waals surface area contributed by atoms with E-state index in [1.165, 1.54) is 82.8 Å². The number of para-hydroxylation sites is 3. The smallest absolute Gasteiger partial charge is 0.136 e. The SMILES string of the molecule is c1ccc(-n2c3ccccc3c3cc(-c4ccc5c(c4)C(c4cccc6cc(-c7ccc8c(c7)oc7ccccc78)ccc46)c4ccccc4-5)ccc32)cc1. The molecule has 1 aliphatic carbocycles. The Morgan fingerprint density at radius 3 is 1.91 bits per heavy atom. The van der Waals surface area contributed by atoms with Gasteiger partial charge in [0, 0.05) is 33.2 Å². The fourth-order valence-electron chi connectivity index (χ4n) is 9.38. The Hall–Kier alpha value is -7.16. The lowest BCUT2D eigenvalue weighted by Crippen LogP contribution is -2.00. The predicted molar refractivity (Wildman–Crippen MR) is 229 cm³/mol. The third kappa shape index (κ3) is 4.55. The minimum Gasteiger partial charge on any atom is -0.456 e. The van der Waals surface area contributed by atoms with E-state index in [4.69, 9.17) is 4.42 Å². The van der Waals surface area contributed by atoms with Gasteiger partial charge in [-0.1, -0.05) is 133 Å². The van der Waals surface area contributed by atoms with Crippen molar-refractivity contribution in [2.24, 2.45) is 0 Å². The number of rotatable bonds is 4. The summed E-state index contributed by atoms with van der Waals surface area (Å²) < 4.78 is 8.64. The van der Waals surface area contributed by atoms with Crippen molar-refractivity contribution in [2.45, 2.75) is 5.92 Å². The molecule has 2 aromatic heterocycles. The first kappa shape index (κ1) is 30.3. The van der Waals surface area contributed by atoms with E-state index in [1.54, 1.807) is 0 Å². The topological polar surface area (TPSA) is 18.1 Å². The van der Waals surface area contributed by atoms with Crippen LogP contribution in [0.25, 0.3) is 93.6 Å². The summed E-state index contributed by atoms with van der Waals surface area (Å²) in [6.45, 7) is 0. The van der Waals surface area contributed by atoms with Gasteiger partial charge in [-0.2, -0.15) is 0 Å². The van der Waals surface area contributed by atoms with Crippen LogP contribution < -0.4 is 0 Å². The molecule has 0 spiro atoms. The van der Waals surface area contributed by atoms with E-state index in [0.29, 0.717) is 0 Å². The van der Waals surface area contributed by atoms with Crippen LogP contribution in [0.5, 0.6) is 0 Å². The van der Waals surface area contributed by atoms with Crippen molar-refractivity contribution >= 4 is 54.5 Å². The van der Waals surface area contributed by atoms with Crippen LogP contribution in [0.3, 0.4) is 0 Å². The van der Waals surface area contributed by atoms with E-state index in [0.717, 1.165) is 27.5 Å². The second-order valence-electron chi connectivity index (χ2n) is 14.8. The monoisotopic (exact) mass is 699 g/mol. The summed E-state index contributed by atoms with van der Waals surface area (Å²) in [5, 5.41) is 7.36. The fraction of sp³-hybridized carbons (Fsp3) is 0.0189. The molecule has 55 heavy (non-hydrogen) atoms. The molecule has 0 bridgehead atoms. The first-order valence-corrected chi connectivity index (χ1v) is 19.0. The van der Waals surface area contributed by atoms with Gasteiger partial charge in [0.05, 0.1) is 11.0 Å². The van der Waals surface area contributed by atoms with Gasteiger partial charge in [0.25, 0.3) is 0 Å². The van der Waals surface area contributed by atoms with E-state index in [-0.39, 0.29) is 5.92 Å². The Labute approximate surface area is 318 Å². The molecule has 0 fully saturated rings. The van der Waals surface area contributed by atoms with Crippen LogP contribution in [-0.2, 0) is 0 Å². The molecule has 0 amide bonds. The Bertz CT molecular complexity index is 3330. The lowest BCUT2D eigenvalue weighted by molar-refractivity contribution is 0.669. The summed E-state index contributed by atoms with van der Waals surface area (Å²) in [4.78, 5) is 0. The normalized spacial score (nSPS) is 13.6. The zero-order valence-corrected chi connectivity index (χ0v) is 29.9. The molecule has 0 N–H and O–H groups in total. The highest BCUT2D eigenvalue weighted by Crippen LogP contribution is 2.51. The van der Waals surface area contributed by atoms with Crippen LogP contribution in [0.2, 0.25) is 0 Å². The van der Waals surface area contributed by atoms with Crippen molar-refractivity contribution in [1.29, 1.82) is 0 Å². The molecule has 1 aliphatic rings. The minimum atomic E-state index is 0.122. The predicted octanol–water partition coefficient (Wildman–Crippen LogP) is 14.3. The molecule has 11 aromatic rings. The third-order valence-corrected chi connectivity index (χ3v) is 11.9. The van der Waals surface area contributed by atoms with E-state index in [9.17, 15) is 0 Å². The molecule has 256 valence electrons. The molecule has 1 atom stereocenters. The van der Waals surface area contributed by atoms with Gasteiger partial charge in [-0.3, -0.25) is 0 Å². The van der Waals surface area contributed by atoms with Gasteiger partial charge in [0.1, 0.15) is 11.2 Å². The van der Waals surface area contributed by atoms with Crippen molar-refractivity contribution in [3.05, 3.63) is 211 Å². The number of aromatic nitrogens is 1. The quantitative estimate of drug-likeness (QED) is 0.179. The maximum absolute atomic E-state index is 6.26. The first-order valence-electron chi connectivity index (χ1n) is 19.0. The van der Waals surface area contributed by atoms with Crippen molar-refractivity contribution < 1.29 is 4.42 Å². The number of benzene rings is 9. The third-order valence-electron chi connectivity index (χ3n) is 11.9. The second kappa shape index (κ2) is 11.7. The van der Waals surface area contributed by atoms with E-state index < -0.39 is 0 Å². The fourth-order valence-corrected chi connectivity index (χ4v) is 9.38. The van der Waals surface area contributed by atoms with Gasteiger partial charge in [-0.15, -0.1) is 0 Å². The summed E-state index contributed by atoms with van der Waals surface area (Å²) >= 11 is 0. The number of fused-ring (bicyclic) bond motifs is 10. The van der Waals surface area contributed by atoms with Gasteiger partial charge in [-0.25, -0.2) is 0 Å². The maximum atomic E-state index is 6.26. The van der Waals surface area contributed by atoms with Crippen LogP contribution in [0.1, 0.15) is 22.6 Å². The maximum Gasteiger partial charge on any atom is 0.136 e. The van der Waals surface area contributed by atoms with Crippen molar-refractivity contribution in [3.63, 3.8) is 0 Å².